The molecule has 3 heterocycles. The minimum absolute atomic E-state index is 0.425. The fourth-order valence-electron chi connectivity index (χ4n) is 3.03. The number of aromatic nitrogens is 4. The first-order valence-electron chi connectivity index (χ1n) is 7.66. The Bertz CT molecular complexity index is 588. The highest BCUT2D eigenvalue weighted by Gasteiger charge is 2.26. The maximum atomic E-state index is 4.39. The lowest BCUT2D eigenvalue weighted by molar-refractivity contribution is 0.195. The molecule has 2 aromatic heterocycles. The smallest absolute Gasteiger partial charge is 0.137 e. The number of thiazole rings is 1. The fraction of sp³-hybridized carbons (Fsp3) is 0.667. The molecule has 1 saturated heterocycles. The van der Waals surface area contributed by atoms with Crippen LogP contribution in [0.4, 0.5) is 0 Å². The van der Waals surface area contributed by atoms with Crippen LogP contribution in [-0.2, 0) is 6.54 Å². The highest BCUT2D eigenvalue weighted by molar-refractivity contribution is 7.09. The Morgan fingerprint density at radius 1 is 1.43 bits per heavy atom. The second-order valence-corrected chi connectivity index (χ2v) is 7.06. The van der Waals surface area contributed by atoms with Crippen LogP contribution in [0.5, 0.6) is 0 Å². The molecular weight excluding hydrogens is 282 g/mol. The second kappa shape index (κ2) is 6.23. The van der Waals surface area contributed by atoms with Crippen LogP contribution < -0.4 is 0 Å². The van der Waals surface area contributed by atoms with Gasteiger partial charge in [-0.1, -0.05) is 0 Å². The number of hydrogen-bond acceptors (Lipinski definition) is 5. The van der Waals surface area contributed by atoms with Gasteiger partial charge in [0.2, 0.25) is 0 Å². The lowest BCUT2D eigenvalue weighted by Gasteiger charge is -2.32. The quantitative estimate of drug-likeness (QED) is 0.871. The van der Waals surface area contributed by atoms with E-state index in [-0.39, 0.29) is 0 Å². The summed E-state index contributed by atoms with van der Waals surface area (Å²) < 4.78 is 2.21. The summed E-state index contributed by atoms with van der Waals surface area (Å²) in [5.41, 5.74) is 3.12. The van der Waals surface area contributed by atoms with Crippen molar-refractivity contribution in [1.82, 2.24) is 24.6 Å². The molecular formula is C15H23N5S. The van der Waals surface area contributed by atoms with Crippen molar-refractivity contribution in [2.45, 2.75) is 52.1 Å². The van der Waals surface area contributed by atoms with Gasteiger partial charge >= 0.3 is 0 Å². The molecule has 0 N–H and O–H groups in total. The molecule has 0 aliphatic carbocycles. The standard InChI is InChI=1S/C15H23N5S/c1-11(2)20-9-17-18-15(20)13-5-4-6-19(7-13)8-14-12(3)16-10-21-14/h9-11,13H,4-8H2,1-3H3/t13-/m0/s1. The molecule has 3 rings (SSSR count). The number of rotatable bonds is 4. The number of hydrogen-bond donors (Lipinski definition) is 0. The van der Waals surface area contributed by atoms with E-state index in [1.165, 1.54) is 30.0 Å². The molecule has 0 aromatic carbocycles. The molecule has 1 aliphatic heterocycles. The first-order valence-corrected chi connectivity index (χ1v) is 8.54. The van der Waals surface area contributed by atoms with Crippen LogP contribution in [0.3, 0.4) is 0 Å². The van der Waals surface area contributed by atoms with Gasteiger partial charge in [-0.3, -0.25) is 4.90 Å². The minimum atomic E-state index is 0.425. The SMILES string of the molecule is Cc1ncsc1CN1CCC[C@H](c2nncn2C(C)C)C1. The van der Waals surface area contributed by atoms with Gasteiger partial charge in [0.05, 0.1) is 11.2 Å². The number of nitrogens with zero attached hydrogens (tertiary/aromatic N) is 5. The molecule has 0 bridgehead atoms. The largest absolute Gasteiger partial charge is 0.315 e. The van der Waals surface area contributed by atoms with Crippen molar-refractivity contribution in [3.05, 3.63) is 28.2 Å². The highest BCUT2D eigenvalue weighted by atomic mass is 32.1. The van der Waals surface area contributed by atoms with Gasteiger partial charge in [-0.2, -0.15) is 0 Å². The van der Waals surface area contributed by atoms with Crippen molar-refractivity contribution in [3.63, 3.8) is 0 Å². The lowest BCUT2D eigenvalue weighted by Crippen LogP contribution is -2.35. The van der Waals surface area contributed by atoms with Gasteiger partial charge in [-0.05, 0) is 40.2 Å². The van der Waals surface area contributed by atoms with Crippen LogP contribution in [0, 0.1) is 6.92 Å². The molecule has 2 aromatic rings. The van der Waals surface area contributed by atoms with Gasteiger partial charge in [-0.25, -0.2) is 4.98 Å². The van der Waals surface area contributed by atoms with Crippen LogP contribution in [0.15, 0.2) is 11.8 Å². The average molecular weight is 305 g/mol. The van der Waals surface area contributed by atoms with E-state index in [9.17, 15) is 0 Å². The average Bonchev–Trinajstić information content (AvgIpc) is 3.09. The van der Waals surface area contributed by atoms with Crippen molar-refractivity contribution in [2.24, 2.45) is 0 Å². The van der Waals surface area contributed by atoms with E-state index in [2.05, 4.69) is 45.4 Å². The maximum absolute atomic E-state index is 4.39. The van der Waals surface area contributed by atoms with Gasteiger partial charge in [0.1, 0.15) is 12.2 Å². The Hall–Kier alpha value is -1.27. The van der Waals surface area contributed by atoms with Crippen molar-refractivity contribution < 1.29 is 0 Å². The fourth-order valence-corrected chi connectivity index (χ4v) is 3.85. The normalized spacial score (nSPS) is 20.3. The molecule has 114 valence electrons. The summed E-state index contributed by atoms with van der Waals surface area (Å²) in [7, 11) is 0. The Balaban J connectivity index is 1.71. The van der Waals surface area contributed by atoms with Gasteiger partial charge in [0.15, 0.2) is 0 Å². The Kier molecular flexibility index (Phi) is 4.35. The summed E-state index contributed by atoms with van der Waals surface area (Å²) in [5, 5.41) is 8.51. The lowest BCUT2D eigenvalue weighted by atomic mass is 9.97. The van der Waals surface area contributed by atoms with E-state index in [1.807, 2.05) is 11.8 Å². The Labute approximate surface area is 130 Å². The van der Waals surface area contributed by atoms with E-state index < -0.39 is 0 Å². The molecule has 1 fully saturated rings. The zero-order valence-electron chi connectivity index (χ0n) is 13.0. The number of aryl methyl sites for hydroxylation is 1. The first-order chi connectivity index (χ1) is 10.1. The van der Waals surface area contributed by atoms with E-state index in [4.69, 9.17) is 0 Å². The topological polar surface area (TPSA) is 46.8 Å². The molecule has 1 atom stereocenters. The summed E-state index contributed by atoms with van der Waals surface area (Å²) in [5.74, 6) is 1.65. The summed E-state index contributed by atoms with van der Waals surface area (Å²) in [4.78, 5) is 8.28. The zero-order valence-corrected chi connectivity index (χ0v) is 13.8. The highest BCUT2D eigenvalue weighted by Crippen LogP contribution is 2.28. The summed E-state index contributed by atoms with van der Waals surface area (Å²) in [6.45, 7) is 9.74. The third-order valence-electron chi connectivity index (χ3n) is 4.24. The number of likely N-dealkylation sites (tertiary alicyclic amines) is 1. The van der Waals surface area contributed by atoms with Crippen LogP contribution in [0.25, 0.3) is 0 Å². The van der Waals surface area contributed by atoms with E-state index in [0.29, 0.717) is 12.0 Å². The van der Waals surface area contributed by atoms with Gasteiger partial charge in [0, 0.05) is 29.9 Å². The third kappa shape index (κ3) is 3.16. The first kappa shape index (κ1) is 14.7. The van der Waals surface area contributed by atoms with Crippen LogP contribution in [0.1, 0.15) is 55.0 Å². The minimum Gasteiger partial charge on any atom is -0.315 e. The van der Waals surface area contributed by atoms with Crippen LogP contribution >= 0.6 is 11.3 Å². The maximum Gasteiger partial charge on any atom is 0.137 e. The molecule has 6 heteroatoms. The summed E-state index contributed by atoms with van der Waals surface area (Å²) in [6.07, 6.45) is 4.31. The van der Waals surface area contributed by atoms with Gasteiger partial charge in [-0.15, -0.1) is 21.5 Å². The van der Waals surface area contributed by atoms with Crippen molar-refractivity contribution >= 4 is 11.3 Å². The molecule has 0 radical (unpaired) electrons. The number of piperidine rings is 1. The summed E-state index contributed by atoms with van der Waals surface area (Å²) in [6, 6.07) is 0.425. The van der Waals surface area contributed by atoms with Gasteiger partial charge in [0.25, 0.3) is 0 Å². The molecule has 5 nitrogen and oxygen atoms in total. The van der Waals surface area contributed by atoms with Crippen molar-refractivity contribution in [3.8, 4) is 0 Å². The Morgan fingerprint density at radius 2 is 2.29 bits per heavy atom. The molecule has 21 heavy (non-hydrogen) atoms. The van der Waals surface area contributed by atoms with E-state index in [0.717, 1.165) is 18.9 Å². The van der Waals surface area contributed by atoms with Gasteiger partial charge < -0.3 is 4.57 Å². The monoisotopic (exact) mass is 305 g/mol. The predicted molar refractivity (Wildman–Crippen MR) is 84.5 cm³/mol. The third-order valence-corrected chi connectivity index (χ3v) is 5.16. The Morgan fingerprint density at radius 3 is 3.00 bits per heavy atom. The predicted octanol–water partition coefficient (Wildman–Crippen LogP) is 3.00. The van der Waals surface area contributed by atoms with Crippen LogP contribution in [0.2, 0.25) is 0 Å². The van der Waals surface area contributed by atoms with Crippen molar-refractivity contribution in [1.29, 1.82) is 0 Å². The summed E-state index contributed by atoms with van der Waals surface area (Å²) >= 11 is 1.76. The van der Waals surface area contributed by atoms with E-state index in [1.54, 1.807) is 11.3 Å². The zero-order chi connectivity index (χ0) is 14.8. The van der Waals surface area contributed by atoms with E-state index >= 15 is 0 Å². The van der Waals surface area contributed by atoms with Crippen molar-refractivity contribution in [2.75, 3.05) is 13.1 Å². The molecule has 0 unspecified atom stereocenters. The second-order valence-electron chi connectivity index (χ2n) is 6.13. The molecule has 0 saturated carbocycles. The molecule has 0 amide bonds. The molecule has 0 spiro atoms. The molecule has 1 aliphatic rings. The van der Waals surface area contributed by atoms with Crippen LogP contribution in [-0.4, -0.2) is 37.7 Å².